The summed E-state index contributed by atoms with van der Waals surface area (Å²) in [5.41, 5.74) is 1.48. The van der Waals surface area contributed by atoms with Crippen molar-refractivity contribution in [3.05, 3.63) is 27.3 Å². The van der Waals surface area contributed by atoms with Gasteiger partial charge in [0.15, 0.2) is 0 Å². The average molecular weight is 346 g/mol. The highest BCUT2D eigenvalue weighted by Crippen LogP contribution is 2.34. The molecule has 0 aromatic carbocycles. The third-order valence-electron chi connectivity index (χ3n) is 5.01. The summed E-state index contributed by atoms with van der Waals surface area (Å²) in [6, 6.07) is -0.245. The fourth-order valence-corrected chi connectivity index (χ4v) is 3.76. The summed E-state index contributed by atoms with van der Waals surface area (Å²) < 4.78 is 1.38. The van der Waals surface area contributed by atoms with Crippen molar-refractivity contribution in [3.63, 3.8) is 0 Å². The molecule has 1 aromatic heterocycles. The average Bonchev–Trinajstić information content (AvgIpc) is 3.01. The predicted molar refractivity (Wildman–Crippen MR) is 94.7 cm³/mol. The SMILES string of the molecule is CCc1[nH]n(C)c(=O)c1C1=C(N2CCCCC2)C(=O)N(C(C)C)C1=O. The largest absolute Gasteiger partial charge is 0.366 e. The number of aryl methyl sites for hydroxylation is 2. The first-order chi connectivity index (χ1) is 11.9. The Morgan fingerprint density at radius 2 is 1.68 bits per heavy atom. The van der Waals surface area contributed by atoms with E-state index < -0.39 is 0 Å². The van der Waals surface area contributed by atoms with Crippen LogP contribution in [0.15, 0.2) is 10.5 Å². The van der Waals surface area contributed by atoms with Gasteiger partial charge in [0.25, 0.3) is 17.4 Å². The molecule has 2 aliphatic rings. The quantitative estimate of drug-likeness (QED) is 0.832. The highest BCUT2D eigenvalue weighted by atomic mass is 16.2. The zero-order valence-electron chi connectivity index (χ0n) is 15.4. The van der Waals surface area contributed by atoms with Crippen LogP contribution in [0.3, 0.4) is 0 Å². The van der Waals surface area contributed by atoms with Gasteiger partial charge >= 0.3 is 0 Å². The van der Waals surface area contributed by atoms with Gasteiger partial charge in [-0.15, -0.1) is 0 Å². The van der Waals surface area contributed by atoms with Crippen LogP contribution in [0.25, 0.3) is 5.57 Å². The molecule has 2 aliphatic heterocycles. The highest BCUT2D eigenvalue weighted by Gasteiger charge is 2.44. The Balaban J connectivity index is 2.23. The Morgan fingerprint density at radius 1 is 1.04 bits per heavy atom. The number of piperidine rings is 1. The minimum atomic E-state index is -0.355. The number of carbonyl (C=O) groups excluding carboxylic acids is 2. The Morgan fingerprint density at radius 3 is 2.24 bits per heavy atom. The summed E-state index contributed by atoms with van der Waals surface area (Å²) in [4.78, 5) is 42.1. The summed E-state index contributed by atoms with van der Waals surface area (Å²) in [5.74, 6) is -0.630. The third-order valence-corrected chi connectivity index (χ3v) is 5.01. The van der Waals surface area contributed by atoms with E-state index in [-0.39, 0.29) is 29.0 Å². The van der Waals surface area contributed by atoms with Crippen LogP contribution in [0.1, 0.15) is 51.3 Å². The lowest BCUT2D eigenvalue weighted by atomic mass is 10.0. The Labute approximate surface area is 147 Å². The van der Waals surface area contributed by atoms with Gasteiger partial charge in [0.05, 0.1) is 11.1 Å². The molecule has 25 heavy (non-hydrogen) atoms. The van der Waals surface area contributed by atoms with Crippen molar-refractivity contribution in [1.82, 2.24) is 19.6 Å². The summed E-state index contributed by atoms with van der Waals surface area (Å²) in [7, 11) is 1.63. The number of nitrogens with one attached hydrogen (secondary N) is 1. The molecule has 0 bridgehead atoms. The van der Waals surface area contributed by atoms with Crippen molar-refractivity contribution in [2.75, 3.05) is 13.1 Å². The van der Waals surface area contributed by atoms with Gasteiger partial charge in [0, 0.05) is 31.9 Å². The number of nitrogens with zero attached hydrogens (tertiary/aromatic N) is 3. The first-order valence-electron chi connectivity index (χ1n) is 9.03. The second-order valence-electron chi connectivity index (χ2n) is 7.03. The molecule has 3 heterocycles. The molecule has 0 radical (unpaired) electrons. The molecule has 0 atom stereocenters. The number of likely N-dealkylation sites (tertiary alicyclic amines) is 1. The molecule has 136 valence electrons. The van der Waals surface area contributed by atoms with Crippen molar-refractivity contribution in [3.8, 4) is 0 Å². The smallest absolute Gasteiger partial charge is 0.278 e. The van der Waals surface area contributed by atoms with Crippen LogP contribution in [0.2, 0.25) is 0 Å². The number of H-pyrrole nitrogens is 1. The first-order valence-corrected chi connectivity index (χ1v) is 9.03. The minimum absolute atomic E-state index is 0.245. The van der Waals surface area contributed by atoms with E-state index in [0.29, 0.717) is 23.4 Å². The van der Waals surface area contributed by atoms with Gasteiger partial charge in [0.1, 0.15) is 5.70 Å². The zero-order chi connectivity index (χ0) is 18.3. The van der Waals surface area contributed by atoms with Crippen LogP contribution in [0, 0.1) is 0 Å². The van der Waals surface area contributed by atoms with Gasteiger partial charge < -0.3 is 4.90 Å². The summed E-state index contributed by atoms with van der Waals surface area (Å²) in [5, 5.41) is 3.01. The normalized spacial score (nSPS) is 18.9. The molecule has 2 amide bonds. The Kier molecular flexibility index (Phi) is 4.58. The summed E-state index contributed by atoms with van der Waals surface area (Å²) in [6.45, 7) is 7.06. The molecular formula is C18H26N4O3. The zero-order valence-corrected chi connectivity index (χ0v) is 15.4. The maximum atomic E-state index is 13.1. The van der Waals surface area contributed by atoms with Crippen LogP contribution in [-0.4, -0.2) is 50.5 Å². The predicted octanol–water partition coefficient (Wildman–Crippen LogP) is 1.25. The van der Waals surface area contributed by atoms with Crippen LogP contribution in [-0.2, 0) is 23.1 Å². The van der Waals surface area contributed by atoms with Crippen molar-refractivity contribution in [1.29, 1.82) is 0 Å². The van der Waals surface area contributed by atoms with E-state index in [1.165, 1.54) is 9.58 Å². The lowest BCUT2D eigenvalue weighted by molar-refractivity contribution is -0.139. The number of aromatic amines is 1. The van der Waals surface area contributed by atoms with Crippen molar-refractivity contribution in [2.45, 2.75) is 52.5 Å². The van der Waals surface area contributed by atoms with E-state index >= 15 is 0 Å². The Hall–Kier alpha value is -2.31. The first kappa shape index (κ1) is 17.5. The van der Waals surface area contributed by atoms with Gasteiger partial charge in [-0.1, -0.05) is 6.92 Å². The molecule has 1 N–H and O–H groups in total. The lowest BCUT2D eigenvalue weighted by Gasteiger charge is -2.30. The number of aromatic nitrogens is 2. The van der Waals surface area contributed by atoms with E-state index in [1.54, 1.807) is 7.05 Å². The molecular weight excluding hydrogens is 320 g/mol. The number of hydrogen-bond donors (Lipinski definition) is 1. The lowest BCUT2D eigenvalue weighted by Crippen LogP contribution is -2.40. The second-order valence-corrected chi connectivity index (χ2v) is 7.03. The molecule has 7 heteroatoms. The highest BCUT2D eigenvalue weighted by molar-refractivity contribution is 6.35. The Bertz CT molecular complexity index is 794. The molecule has 3 rings (SSSR count). The van der Waals surface area contributed by atoms with Crippen molar-refractivity contribution < 1.29 is 9.59 Å². The fraction of sp³-hybridized carbons (Fsp3) is 0.611. The summed E-state index contributed by atoms with van der Waals surface area (Å²) >= 11 is 0. The minimum Gasteiger partial charge on any atom is -0.366 e. The molecule has 0 spiro atoms. The van der Waals surface area contributed by atoms with Crippen LogP contribution in [0.4, 0.5) is 0 Å². The summed E-state index contributed by atoms with van der Waals surface area (Å²) in [6.07, 6.45) is 3.70. The van der Waals surface area contributed by atoms with Gasteiger partial charge in [-0.2, -0.15) is 0 Å². The van der Waals surface area contributed by atoms with E-state index in [1.807, 2.05) is 25.7 Å². The van der Waals surface area contributed by atoms with Crippen LogP contribution < -0.4 is 5.56 Å². The van der Waals surface area contributed by atoms with Gasteiger partial charge in [-0.25, -0.2) is 0 Å². The molecule has 0 aliphatic carbocycles. The second kappa shape index (κ2) is 6.54. The van der Waals surface area contributed by atoms with Crippen LogP contribution in [0.5, 0.6) is 0 Å². The van der Waals surface area contributed by atoms with E-state index in [0.717, 1.165) is 32.4 Å². The number of carbonyl (C=O) groups is 2. The molecule has 1 aromatic rings. The van der Waals surface area contributed by atoms with Crippen molar-refractivity contribution >= 4 is 17.4 Å². The number of hydrogen-bond acceptors (Lipinski definition) is 4. The molecule has 7 nitrogen and oxygen atoms in total. The van der Waals surface area contributed by atoms with E-state index in [9.17, 15) is 14.4 Å². The van der Waals surface area contributed by atoms with E-state index in [4.69, 9.17) is 0 Å². The number of imide groups is 1. The molecule has 1 fully saturated rings. The maximum Gasteiger partial charge on any atom is 0.278 e. The van der Waals surface area contributed by atoms with Gasteiger partial charge in [0.2, 0.25) is 0 Å². The number of amides is 2. The van der Waals surface area contributed by atoms with E-state index in [2.05, 4.69) is 5.10 Å². The standard InChI is InChI=1S/C18H26N4O3/c1-5-12-13(16(23)20(4)19-12)14-15(21-9-7-6-8-10-21)18(25)22(11(2)3)17(14)24/h11,19H,5-10H2,1-4H3. The molecule has 0 saturated carbocycles. The van der Waals surface area contributed by atoms with Gasteiger partial charge in [-0.05, 0) is 39.5 Å². The molecule has 1 saturated heterocycles. The topological polar surface area (TPSA) is 78.4 Å². The van der Waals surface area contributed by atoms with Gasteiger partial charge in [-0.3, -0.25) is 29.1 Å². The maximum absolute atomic E-state index is 13.1. The molecule has 0 unspecified atom stereocenters. The number of rotatable bonds is 4. The third kappa shape index (κ3) is 2.71. The van der Waals surface area contributed by atoms with Crippen molar-refractivity contribution in [2.24, 2.45) is 7.05 Å². The monoisotopic (exact) mass is 346 g/mol. The fourth-order valence-electron chi connectivity index (χ4n) is 3.76. The van der Waals surface area contributed by atoms with Crippen LogP contribution >= 0.6 is 0 Å².